The molecule has 0 radical (unpaired) electrons. The molecular weight excluding hydrogens is 460 g/mol. The van der Waals surface area contributed by atoms with Gasteiger partial charge in [0.1, 0.15) is 16.3 Å². The first-order chi connectivity index (χ1) is 16.0. The molecule has 0 aliphatic rings. The van der Waals surface area contributed by atoms with Crippen molar-refractivity contribution in [2.45, 2.75) is 19.0 Å². The standard InChI is InChI=1S/C23H22N4O4S2/c1-4-30-22(29)19-16(17-6-5-11-31-17)12-32-21(19)24-18(28)13-33-23-26-25-20(27(23)3)15-9-7-14(2)8-10-15/h5-12H,4,13H2,1-3H3,(H,24,28). The number of amides is 1. The number of thiophene rings is 1. The second kappa shape index (κ2) is 10.1. The van der Waals surface area contributed by atoms with E-state index in [0.29, 0.717) is 21.5 Å². The second-order valence-electron chi connectivity index (χ2n) is 7.12. The summed E-state index contributed by atoms with van der Waals surface area (Å²) >= 11 is 2.52. The number of carbonyl (C=O) groups excluding carboxylic acids is 2. The van der Waals surface area contributed by atoms with Gasteiger partial charge in [0, 0.05) is 23.6 Å². The van der Waals surface area contributed by atoms with Crippen LogP contribution in [0.3, 0.4) is 0 Å². The number of benzene rings is 1. The largest absolute Gasteiger partial charge is 0.464 e. The highest BCUT2D eigenvalue weighted by Gasteiger charge is 2.24. The van der Waals surface area contributed by atoms with Crippen LogP contribution < -0.4 is 5.32 Å². The van der Waals surface area contributed by atoms with Gasteiger partial charge in [0.2, 0.25) is 5.91 Å². The summed E-state index contributed by atoms with van der Waals surface area (Å²) < 4.78 is 12.5. The number of nitrogens with one attached hydrogen (secondary N) is 1. The van der Waals surface area contributed by atoms with Gasteiger partial charge in [0.05, 0.1) is 18.6 Å². The summed E-state index contributed by atoms with van der Waals surface area (Å²) in [5.41, 5.74) is 2.99. The molecule has 10 heteroatoms. The fraction of sp³-hybridized carbons (Fsp3) is 0.217. The van der Waals surface area contributed by atoms with Gasteiger partial charge in [-0.25, -0.2) is 4.79 Å². The molecule has 0 aliphatic carbocycles. The summed E-state index contributed by atoms with van der Waals surface area (Å²) in [5, 5.41) is 14.1. The Kier molecular flexibility index (Phi) is 6.95. The molecule has 3 aromatic heterocycles. The SMILES string of the molecule is CCOC(=O)c1c(-c2ccco2)csc1NC(=O)CSc1nnc(-c2ccc(C)cc2)n1C. The Morgan fingerprint density at radius 2 is 2.00 bits per heavy atom. The molecule has 1 amide bonds. The van der Waals surface area contributed by atoms with Crippen molar-refractivity contribution in [2.24, 2.45) is 7.05 Å². The van der Waals surface area contributed by atoms with Crippen LogP contribution in [0, 0.1) is 6.92 Å². The molecule has 4 rings (SSSR count). The van der Waals surface area contributed by atoms with Crippen molar-refractivity contribution >= 4 is 40.0 Å². The Morgan fingerprint density at radius 1 is 1.21 bits per heavy atom. The quantitative estimate of drug-likeness (QED) is 0.278. The first-order valence-electron chi connectivity index (χ1n) is 10.2. The predicted molar refractivity (Wildman–Crippen MR) is 129 cm³/mol. The fourth-order valence-corrected chi connectivity index (χ4v) is 4.82. The van der Waals surface area contributed by atoms with Gasteiger partial charge in [0.15, 0.2) is 11.0 Å². The van der Waals surface area contributed by atoms with Crippen LogP contribution in [0.5, 0.6) is 0 Å². The van der Waals surface area contributed by atoms with Crippen LogP contribution in [-0.2, 0) is 16.6 Å². The predicted octanol–water partition coefficient (Wildman–Crippen LogP) is 5.02. The van der Waals surface area contributed by atoms with E-state index in [1.165, 1.54) is 29.4 Å². The van der Waals surface area contributed by atoms with Gasteiger partial charge < -0.3 is 19.0 Å². The third kappa shape index (κ3) is 5.01. The minimum absolute atomic E-state index is 0.107. The smallest absolute Gasteiger partial charge is 0.341 e. The zero-order valence-corrected chi connectivity index (χ0v) is 20.0. The molecule has 8 nitrogen and oxygen atoms in total. The van der Waals surface area contributed by atoms with E-state index in [4.69, 9.17) is 9.15 Å². The highest BCUT2D eigenvalue weighted by Crippen LogP contribution is 2.36. The third-order valence-corrected chi connectivity index (χ3v) is 6.70. The van der Waals surface area contributed by atoms with E-state index in [1.807, 2.05) is 42.8 Å². The molecule has 0 bridgehead atoms. The number of anilines is 1. The lowest BCUT2D eigenvalue weighted by atomic mass is 10.1. The van der Waals surface area contributed by atoms with Crippen molar-refractivity contribution < 1.29 is 18.7 Å². The topological polar surface area (TPSA) is 99.2 Å². The molecule has 0 fully saturated rings. The highest BCUT2D eigenvalue weighted by molar-refractivity contribution is 7.99. The number of nitrogens with zero attached hydrogens (tertiary/aromatic N) is 3. The molecule has 0 saturated heterocycles. The maximum Gasteiger partial charge on any atom is 0.341 e. The number of furan rings is 1. The lowest BCUT2D eigenvalue weighted by Crippen LogP contribution is -2.16. The number of thioether (sulfide) groups is 1. The van der Waals surface area contributed by atoms with Gasteiger partial charge in [0.25, 0.3) is 0 Å². The molecule has 0 spiro atoms. The number of aromatic nitrogens is 3. The Morgan fingerprint density at radius 3 is 2.70 bits per heavy atom. The summed E-state index contributed by atoms with van der Waals surface area (Å²) in [5.74, 6) is 0.592. The summed E-state index contributed by atoms with van der Waals surface area (Å²) in [7, 11) is 1.86. The summed E-state index contributed by atoms with van der Waals surface area (Å²) in [4.78, 5) is 25.3. The highest BCUT2D eigenvalue weighted by atomic mass is 32.2. The maximum absolute atomic E-state index is 12.7. The molecule has 0 aliphatic heterocycles. The van der Waals surface area contributed by atoms with Crippen molar-refractivity contribution in [1.82, 2.24) is 14.8 Å². The van der Waals surface area contributed by atoms with Gasteiger partial charge in [-0.3, -0.25) is 4.79 Å². The van der Waals surface area contributed by atoms with Gasteiger partial charge >= 0.3 is 5.97 Å². The average molecular weight is 483 g/mol. The van der Waals surface area contributed by atoms with Crippen LogP contribution in [0.25, 0.3) is 22.7 Å². The van der Waals surface area contributed by atoms with E-state index < -0.39 is 5.97 Å². The molecule has 1 aromatic carbocycles. The van der Waals surface area contributed by atoms with E-state index in [-0.39, 0.29) is 23.8 Å². The van der Waals surface area contributed by atoms with Gasteiger partial charge in [-0.15, -0.1) is 21.5 Å². The first kappa shape index (κ1) is 22.8. The van der Waals surface area contributed by atoms with E-state index in [1.54, 1.807) is 24.4 Å². The molecule has 170 valence electrons. The summed E-state index contributed by atoms with van der Waals surface area (Å²) in [6.45, 7) is 3.99. The Balaban J connectivity index is 1.47. The summed E-state index contributed by atoms with van der Waals surface area (Å²) in [6, 6.07) is 11.5. The van der Waals surface area contributed by atoms with Crippen LogP contribution in [0.2, 0.25) is 0 Å². The number of ether oxygens (including phenoxy) is 1. The second-order valence-corrected chi connectivity index (χ2v) is 8.94. The molecule has 33 heavy (non-hydrogen) atoms. The number of esters is 1. The lowest BCUT2D eigenvalue weighted by molar-refractivity contribution is -0.113. The van der Waals surface area contributed by atoms with E-state index in [0.717, 1.165) is 17.0 Å². The van der Waals surface area contributed by atoms with Crippen molar-refractivity contribution in [3.05, 3.63) is 59.2 Å². The van der Waals surface area contributed by atoms with E-state index >= 15 is 0 Å². The normalized spacial score (nSPS) is 10.9. The van der Waals surface area contributed by atoms with Crippen molar-refractivity contribution in [2.75, 3.05) is 17.7 Å². The van der Waals surface area contributed by atoms with Crippen molar-refractivity contribution in [1.29, 1.82) is 0 Å². The monoisotopic (exact) mass is 482 g/mol. The third-order valence-electron chi connectivity index (χ3n) is 4.79. The first-order valence-corrected chi connectivity index (χ1v) is 12.1. The van der Waals surface area contributed by atoms with Crippen molar-refractivity contribution in [3.8, 4) is 22.7 Å². The number of hydrogen-bond acceptors (Lipinski definition) is 8. The van der Waals surface area contributed by atoms with Crippen LogP contribution in [0.1, 0.15) is 22.8 Å². The molecule has 0 unspecified atom stereocenters. The van der Waals surface area contributed by atoms with Gasteiger partial charge in [-0.2, -0.15) is 0 Å². The maximum atomic E-state index is 12.7. The van der Waals surface area contributed by atoms with E-state index in [2.05, 4.69) is 15.5 Å². The fourth-order valence-electron chi connectivity index (χ4n) is 3.16. The number of aryl methyl sites for hydroxylation is 1. The average Bonchev–Trinajstić information content (AvgIpc) is 3.53. The molecule has 0 saturated carbocycles. The zero-order valence-electron chi connectivity index (χ0n) is 18.3. The molecule has 1 N–H and O–H groups in total. The van der Waals surface area contributed by atoms with E-state index in [9.17, 15) is 9.59 Å². The minimum Gasteiger partial charge on any atom is -0.464 e. The Bertz CT molecular complexity index is 1260. The molecule has 4 aromatic rings. The van der Waals surface area contributed by atoms with Crippen LogP contribution in [0.4, 0.5) is 5.00 Å². The Hall–Kier alpha value is -3.37. The van der Waals surface area contributed by atoms with Crippen LogP contribution in [-0.4, -0.2) is 39.0 Å². The minimum atomic E-state index is -0.510. The zero-order chi connectivity index (χ0) is 23.4. The van der Waals surface area contributed by atoms with Gasteiger partial charge in [-0.05, 0) is 26.0 Å². The van der Waals surface area contributed by atoms with Crippen molar-refractivity contribution in [3.63, 3.8) is 0 Å². The number of rotatable bonds is 8. The summed E-state index contributed by atoms with van der Waals surface area (Å²) in [6.07, 6.45) is 1.53. The van der Waals surface area contributed by atoms with Crippen LogP contribution >= 0.6 is 23.1 Å². The number of carbonyl (C=O) groups is 2. The number of hydrogen-bond donors (Lipinski definition) is 1. The van der Waals surface area contributed by atoms with Gasteiger partial charge in [-0.1, -0.05) is 41.6 Å². The molecular formula is C23H22N4O4S2. The molecule has 3 heterocycles. The Labute approximate surface area is 199 Å². The lowest BCUT2D eigenvalue weighted by Gasteiger charge is -2.08. The molecule has 0 atom stereocenters. The van der Waals surface area contributed by atoms with Crippen LogP contribution in [0.15, 0.2) is 57.6 Å².